The van der Waals surface area contributed by atoms with Crippen LogP contribution >= 0.6 is 7.82 Å². The first kappa shape index (κ1) is 50.0. The van der Waals surface area contributed by atoms with E-state index < -0.39 is 51.8 Å². The van der Waals surface area contributed by atoms with E-state index in [4.69, 9.17) is 19.1 Å². The van der Waals surface area contributed by atoms with Crippen LogP contribution in [0, 0.1) is 11.8 Å². The van der Waals surface area contributed by atoms with Crippen molar-refractivity contribution in [3.63, 3.8) is 0 Å². The Morgan fingerprint density at radius 3 is 1.45 bits per heavy atom. The zero-order chi connectivity index (χ0) is 38.0. The maximum Gasteiger partial charge on any atom is 0.472 e. The normalized spacial score (nSPS) is 14.7. The number of aliphatic hydroxyl groups excluding tert-OH is 2. The van der Waals surface area contributed by atoms with E-state index in [1.807, 2.05) is 0 Å². The average Bonchev–Trinajstić information content (AvgIpc) is 3.10. The Hall–Kier alpha value is -1.03. The van der Waals surface area contributed by atoms with Crippen LogP contribution in [0.15, 0.2) is 0 Å². The van der Waals surface area contributed by atoms with Gasteiger partial charge in [-0.3, -0.25) is 18.6 Å². The molecule has 0 spiro atoms. The maximum absolute atomic E-state index is 12.6. The minimum atomic E-state index is -4.61. The molecule has 304 valence electrons. The second kappa shape index (κ2) is 34.7. The number of unbranched alkanes of at least 4 members (excludes halogenated alkanes) is 19. The molecule has 0 radical (unpaired) electrons. The van der Waals surface area contributed by atoms with Crippen molar-refractivity contribution in [1.82, 2.24) is 0 Å². The van der Waals surface area contributed by atoms with Gasteiger partial charge in [-0.05, 0) is 24.7 Å². The molecular weight excluding hydrogens is 671 g/mol. The van der Waals surface area contributed by atoms with Crippen molar-refractivity contribution >= 4 is 19.8 Å². The predicted molar refractivity (Wildman–Crippen MR) is 205 cm³/mol. The lowest BCUT2D eigenvalue weighted by atomic mass is 10.00. The SMILES string of the molecule is CCC(C)CCCCCCCCC(=O)OC[C@H](COP(=O)(O)OC[C@@H](O)CO)OC(=O)CCCCCCCCCCCCCCCCCC(C)C. The summed E-state index contributed by atoms with van der Waals surface area (Å²) >= 11 is 0. The summed E-state index contributed by atoms with van der Waals surface area (Å²) in [6.07, 6.45) is 26.6. The van der Waals surface area contributed by atoms with Crippen molar-refractivity contribution in [2.24, 2.45) is 11.8 Å². The molecule has 10 nitrogen and oxygen atoms in total. The quantitative estimate of drug-likeness (QED) is 0.0316. The van der Waals surface area contributed by atoms with E-state index in [1.54, 1.807) is 0 Å². The number of esters is 2. The average molecular weight is 751 g/mol. The highest BCUT2D eigenvalue weighted by atomic mass is 31.2. The minimum absolute atomic E-state index is 0.190. The molecule has 0 saturated carbocycles. The lowest BCUT2D eigenvalue weighted by Crippen LogP contribution is -2.29. The molecule has 0 aromatic heterocycles. The Kier molecular flexibility index (Phi) is 34.0. The fourth-order valence-corrected chi connectivity index (χ4v) is 6.65. The van der Waals surface area contributed by atoms with E-state index in [-0.39, 0.29) is 19.4 Å². The zero-order valence-corrected chi connectivity index (χ0v) is 34.1. The first-order valence-corrected chi connectivity index (χ1v) is 22.2. The number of phosphoric ester groups is 1. The Morgan fingerprint density at radius 2 is 1.00 bits per heavy atom. The van der Waals surface area contributed by atoms with Crippen LogP contribution in [0.5, 0.6) is 0 Å². The highest BCUT2D eigenvalue weighted by Crippen LogP contribution is 2.43. The monoisotopic (exact) mass is 751 g/mol. The zero-order valence-electron chi connectivity index (χ0n) is 33.2. The molecule has 0 saturated heterocycles. The van der Waals surface area contributed by atoms with Crippen molar-refractivity contribution in [2.75, 3.05) is 26.4 Å². The largest absolute Gasteiger partial charge is 0.472 e. The number of hydrogen-bond donors (Lipinski definition) is 3. The number of rotatable bonds is 38. The van der Waals surface area contributed by atoms with Crippen LogP contribution in [0.4, 0.5) is 0 Å². The van der Waals surface area contributed by atoms with Crippen molar-refractivity contribution in [3.8, 4) is 0 Å². The van der Waals surface area contributed by atoms with Gasteiger partial charge in [-0.1, -0.05) is 169 Å². The van der Waals surface area contributed by atoms with E-state index in [1.165, 1.54) is 103 Å². The molecule has 11 heteroatoms. The molecule has 0 bridgehead atoms. The van der Waals surface area contributed by atoms with Gasteiger partial charge >= 0.3 is 19.8 Å². The second-order valence-electron chi connectivity index (χ2n) is 15.1. The topological polar surface area (TPSA) is 149 Å². The molecule has 51 heavy (non-hydrogen) atoms. The third-order valence-corrected chi connectivity index (χ3v) is 10.4. The van der Waals surface area contributed by atoms with Gasteiger partial charge in [0, 0.05) is 12.8 Å². The molecule has 0 fully saturated rings. The highest BCUT2D eigenvalue weighted by Gasteiger charge is 2.27. The summed E-state index contributed by atoms with van der Waals surface area (Å²) in [5.41, 5.74) is 0. The smallest absolute Gasteiger partial charge is 0.462 e. The summed E-state index contributed by atoms with van der Waals surface area (Å²) in [5, 5.41) is 18.3. The maximum atomic E-state index is 12.6. The van der Waals surface area contributed by atoms with Gasteiger partial charge in [0.1, 0.15) is 12.7 Å². The Morgan fingerprint density at radius 1 is 0.588 bits per heavy atom. The number of ether oxygens (including phenoxy) is 2. The third-order valence-electron chi connectivity index (χ3n) is 9.48. The van der Waals surface area contributed by atoms with E-state index in [0.717, 1.165) is 50.4 Å². The van der Waals surface area contributed by atoms with E-state index in [0.29, 0.717) is 12.8 Å². The van der Waals surface area contributed by atoms with Gasteiger partial charge in [-0.2, -0.15) is 0 Å². The fourth-order valence-electron chi connectivity index (χ4n) is 5.86. The van der Waals surface area contributed by atoms with Crippen molar-refractivity contribution in [3.05, 3.63) is 0 Å². The fraction of sp³-hybridized carbons (Fsp3) is 0.950. The van der Waals surface area contributed by atoms with Crippen molar-refractivity contribution < 1.29 is 47.8 Å². The molecule has 0 aromatic carbocycles. The first-order valence-electron chi connectivity index (χ1n) is 20.7. The number of carbonyl (C=O) groups is 2. The number of hydrogen-bond acceptors (Lipinski definition) is 9. The van der Waals surface area contributed by atoms with Crippen LogP contribution in [0.25, 0.3) is 0 Å². The number of aliphatic hydroxyl groups is 2. The van der Waals surface area contributed by atoms with E-state index >= 15 is 0 Å². The summed E-state index contributed by atoms with van der Waals surface area (Å²) in [4.78, 5) is 34.9. The Bertz CT molecular complexity index is 855. The molecule has 3 N–H and O–H groups in total. The van der Waals surface area contributed by atoms with Gasteiger partial charge in [0.2, 0.25) is 0 Å². The van der Waals surface area contributed by atoms with Crippen LogP contribution < -0.4 is 0 Å². The molecule has 0 heterocycles. The Balaban J connectivity index is 4.25. The molecular formula is C40H79O10P. The molecule has 0 aliphatic carbocycles. The van der Waals surface area contributed by atoms with Crippen LogP contribution in [0.2, 0.25) is 0 Å². The first-order chi connectivity index (χ1) is 24.5. The van der Waals surface area contributed by atoms with Crippen molar-refractivity contribution in [2.45, 2.75) is 207 Å². The summed E-state index contributed by atoms with van der Waals surface area (Å²) < 4.78 is 32.6. The minimum Gasteiger partial charge on any atom is -0.462 e. The second-order valence-corrected chi connectivity index (χ2v) is 16.6. The third kappa shape index (κ3) is 35.8. The summed E-state index contributed by atoms with van der Waals surface area (Å²) in [7, 11) is -4.61. The lowest BCUT2D eigenvalue weighted by Gasteiger charge is -2.20. The van der Waals surface area contributed by atoms with Gasteiger partial charge in [-0.25, -0.2) is 4.57 Å². The number of carbonyl (C=O) groups excluding carboxylic acids is 2. The van der Waals surface area contributed by atoms with Gasteiger partial charge in [-0.15, -0.1) is 0 Å². The molecule has 0 aromatic rings. The summed E-state index contributed by atoms with van der Waals surface area (Å²) in [5.74, 6) is 0.686. The molecule has 0 rings (SSSR count). The van der Waals surface area contributed by atoms with Gasteiger partial charge in [0.25, 0.3) is 0 Å². The standard InChI is InChI=1S/C40H79O10P/c1-5-36(4)28-24-20-17-18-21-25-29-39(43)47-33-38(34-49-51(45,46)48-32-37(42)31-41)50-40(44)30-26-22-16-14-12-10-8-6-7-9-11-13-15-19-23-27-35(2)3/h35-38,41-42H,5-34H2,1-4H3,(H,45,46)/t36?,37-,38+/m0/s1. The van der Waals surface area contributed by atoms with Crippen LogP contribution in [-0.4, -0.2) is 65.7 Å². The summed E-state index contributed by atoms with van der Waals surface area (Å²) in [6, 6.07) is 0. The molecule has 0 amide bonds. The molecule has 0 aliphatic rings. The molecule has 0 aliphatic heterocycles. The van der Waals surface area contributed by atoms with Gasteiger partial charge < -0.3 is 24.6 Å². The van der Waals surface area contributed by atoms with Crippen LogP contribution in [-0.2, 0) is 32.7 Å². The van der Waals surface area contributed by atoms with Crippen LogP contribution in [0.3, 0.4) is 0 Å². The molecule has 2 unspecified atom stereocenters. The Labute approximate surface area is 312 Å². The van der Waals surface area contributed by atoms with E-state index in [9.17, 15) is 24.2 Å². The van der Waals surface area contributed by atoms with Crippen molar-refractivity contribution in [1.29, 1.82) is 0 Å². The van der Waals surface area contributed by atoms with Gasteiger partial charge in [0.05, 0.1) is 19.8 Å². The highest BCUT2D eigenvalue weighted by molar-refractivity contribution is 7.47. The van der Waals surface area contributed by atoms with E-state index in [2.05, 4.69) is 32.2 Å². The summed E-state index contributed by atoms with van der Waals surface area (Å²) in [6.45, 7) is 7.01. The number of phosphoric acid groups is 1. The lowest BCUT2D eigenvalue weighted by molar-refractivity contribution is -0.161. The molecule has 4 atom stereocenters. The van der Waals surface area contributed by atoms with Gasteiger partial charge in [0.15, 0.2) is 6.10 Å². The predicted octanol–water partition coefficient (Wildman–Crippen LogP) is 10.4. The van der Waals surface area contributed by atoms with Crippen LogP contribution in [0.1, 0.15) is 195 Å².